The summed E-state index contributed by atoms with van der Waals surface area (Å²) in [5.74, 6) is -1.18. The third-order valence-electron chi connectivity index (χ3n) is 3.46. The van der Waals surface area contributed by atoms with Gasteiger partial charge in [-0.1, -0.05) is 47.5 Å². The zero-order chi connectivity index (χ0) is 17.5. The zero-order valence-electron chi connectivity index (χ0n) is 12.8. The van der Waals surface area contributed by atoms with Gasteiger partial charge in [-0.05, 0) is 41.8 Å². The largest absolute Gasteiger partial charge is 0.481 e. The Kier molecular flexibility index (Phi) is 6.64. The minimum atomic E-state index is -0.958. The first kappa shape index (κ1) is 18.3. The third kappa shape index (κ3) is 6.22. The van der Waals surface area contributed by atoms with Crippen LogP contribution >= 0.6 is 23.2 Å². The van der Waals surface area contributed by atoms with Crippen molar-refractivity contribution in [2.75, 3.05) is 0 Å². The van der Waals surface area contributed by atoms with E-state index in [2.05, 4.69) is 5.32 Å². The molecule has 0 saturated carbocycles. The van der Waals surface area contributed by atoms with Crippen LogP contribution in [0.3, 0.4) is 0 Å². The van der Waals surface area contributed by atoms with Gasteiger partial charge in [0.2, 0.25) is 5.91 Å². The highest BCUT2D eigenvalue weighted by Crippen LogP contribution is 2.13. The Labute approximate surface area is 150 Å². The lowest BCUT2D eigenvalue weighted by atomic mass is 10.0. The summed E-state index contributed by atoms with van der Waals surface area (Å²) in [5.41, 5.74) is 1.73. The predicted octanol–water partition coefficient (Wildman–Crippen LogP) is 3.74. The molecule has 1 atom stereocenters. The molecule has 126 valence electrons. The second-order valence-corrected chi connectivity index (χ2v) is 6.37. The van der Waals surface area contributed by atoms with E-state index >= 15 is 0 Å². The fourth-order valence-corrected chi connectivity index (χ4v) is 2.61. The lowest BCUT2D eigenvalue weighted by molar-refractivity contribution is -0.137. The maximum atomic E-state index is 12.2. The van der Waals surface area contributed by atoms with E-state index in [1.165, 1.54) is 0 Å². The van der Waals surface area contributed by atoms with Crippen LogP contribution in [0.1, 0.15) is 17.5 Å². The molecule has 2 rings (SSSR count). The molecule has 0 aliphatic heterocycles. The molecule has 0 aliphatic carbocycles. The fourth-order valence-electron chi connectivity index (χ4n) is 2.36. The van der Waals surface area contributed by atoms with Crippen LogP contribution < -0.4 is 5.32 Å². The van der Waals surface area contributed by atoms with Crippen molar-refractivity contribution in [2.24, 2.45) is 0 Å². The van der Waals surface area contributed by atoms with Gasteiger partial charge in [-0.3, -0.25) is 9.59 Å². The smallest absolute Gasteiger partial charge is 0.305 e. The molecular formula is C18H17Cl2NO3. The number of carboxylic acid groups (broad SMARTS) is 1. The highest BCUT2D eigenvalue weighted by molar-refractivity contribution is 6.30. The zero-order valence-corrected chi connectivity index (χ0v) is 14.3. The number of benzene rings is 2. The van der Waals surface area contributed by atoms with Crippen molar-refractivity contribution in [3.05, 3.63) is 69.7 Å². The number of nitrogens with one attached hydrogen (secondary N) is 1. The maximum Gasteiger partial charge on any atom is 0.305 e. The average molecular weight is 366 g/mol. The molecule has 0 heterocycles. The molecule has 0 saturated heterocycles. The van der Waals surface area contributed by atoms with Crippen LogP contribution in [0, 0.1) is 0 Å². The normalized spacial score (nSPS) is 11.8. The van der Waals surface area contributed by atoms with Gasteiger partial charge in [0.1, 0.15) is 0 Å². The monoisotopic (exact) mass is 365 g/mol. The summed E-state index contributed by atoms with van der Waals surface area (Å²) < 4.78 is 0. The van der Waals surface area contributed by atoms with Crippen molar-refractivity contribution in [3.63, 3.8) is 0 Å². The van der Waals surface area contributed by atoms with Gasteiger partial charge in [-0.2, -0.15) is 0 Å². The van der Waals surface area contributed by atoms with Crippen LogP contribution in [-0.2, 0) is 22.4 Å². The maximum absolute atomic E-state index is 12.2. The van der Waals surface area contributed by atoms with E-state index in [1.54, 1.807) is 36.4 Å². The summed E-state index contributed by atoms with van der Waals surface area (Å²) in [5, 5.41) is 13.1. The summed E-state index contributed by atoms with van der Waals surface area (Å²) >= 11 is 11.7. The number of carbonyl (C=O) groups is 2. The van der Waals surface area contributed by atoms with Crippen molar-refractivity contribution in [1.82, 2.24) is 5.32 Å². The second kappa shape index (κ2) is 8.71. The number of carbonyl (C=O) groups excluding carboxylic acids is 1. The van der Waals surface area contributed by atoms with Gasteiger partial charge in [0, 0.05) is 16.1 Å². The van der Waals surface area contributed by atoms with E-state index in [1.807, 2.05) is 12.1 Å². The van der Waals surface area contributed by atoms with E-state index < -0.39 is 12.0 Å². The molecule has 0 unspecified atom stereocenters. The van der Waals surface area contributed by atoms with Crippen molar-refractivity contribution >= 4 is 35.1 Å². The SMILES string of the molecule is O=C(O)C[C@@H](Cc1ccc(Cl)cc1)NC(=O)Cc1ccc(Cl)cc1. The summed E-state index contributed by atoms with van der Waals surface area (Å²) in [7, 11) is 0. The van der Waals surface area contributed by atoms with E-state index in [0.29, 0.717) is 16.5 Å². The van der Waals surface area contributed by atoms with Gasteiger partial charge in [-0.25, -0.2) is 0 Å². The van der Waals surface area contributed by atoms with Gasteiger partial charge in [-0.15, -0.1) is 0 Å². The number of halogens is 2. The van der Waals surface area contributed by atoms with Gasteiger partial charge >= 0.3 is 5.97 Å². The minimum absolute atomic E-state index is 0.144. The first-order valence-corrected chi connectivity index (χ1v) is 8.18. The van der Waals surface area contributed by atoms with Crippen molar-refractivity contribution in [1.29, 1.82) is 0 Å². The highest BCUT2D eigenvalue weighted by atomic mass is 35.5. The molecule has 1 amide bonds. The fraction of sp³-hybridized carbons (Fsp3) is 0.222. The van der Waals surface area contributed by atoms with E-state index in [0.717, 1.165) is 11.1 Å². The topological polar surface area (TPSA) is 66.4 Å². The summed E-state index contributed by atoms with van der Waals surface area (Å²) in [6.07, 6.45) is 0.457. The number of carboxylic acids is 1. The summed E-state index contributed by atoms with van der Waals surface area (Å²) in [4.78, 5) is 23.2. The molecular weight excluding hydrogens is 349 g/mol. The Morgan fingerprint density at radius 1 is 0.917 bits per heavy atom. The molecule has 24 heavy (non-hydrogen) atoms. The predicted molar refractivity (Wildman–Crippen MR) is 94.5 cm³/mol. The molecule has 6 heteroatoms. The minimum Gasteiger partial charge on any atom is -0.481 e. The highest BCUT2D eigenvalue weighted by Gasteiger charge is 2.17. The van der Waals surface area contributed by atoms with Gasteiger partial charge in [0.25, 0.3) is 0 Å². The Bertz CT molecular complexity index is 699. The van der Waals surface area contributed by atoms with Crippen LogP contribution in [0.25, 0.3) is 0 Å². The lowest BCUT2D eigenvalue weighted by Gasteiger charge is -2.17. The van der Waals surface area contributed by atoms with Crippen LogP contribution in [0.5, 0.6) is 0 Å². The molecule has 0 bridgehead atoms. The van der Waals surface area contributed by atoms with Crippen molar-refractivity contribution in [3.8, 4) is 0 Å². The molecule has 2 N–H and O–H groups in total. The summed E-state index contributed by atoms with van der Waals surface area (Å²) in [6, 6.07) is 13.6. The molecule has 0 aliphatic rings. The van der Waals surface area contributed by atoms with Crippen LogP contribution in [0.2, 0.25) is 10.0 Å². The quantitative estimate of drug-likeness (QED) is 0.785. The second-order valence-electron chi connectivity index (χ2n) is 5.50. The van der Waals surface area contributed by atoms with Crippen LogP contribution in [0.15, 0.2) is 48.5 Å². The summed E-state index contributed by atoms with van der Waals surface area (Å²) in [6.45, 7) is 0. The Balaban J connectivity index is 1.99. The number of hydrogen-bond acceptors (Lipinski definition) is 2. The average Bonchev–Trinajstić information content (AvgIpc) is 2.51. The number of hydrogen-bond donors (Lipinski definition) is 2. The Morgan fingerprint density at radius 2 is 1.42 bits per heavy atom. The molecule has 2 aromatic carbocycles. The van der Waals surface area contributed by atoms with E-state index in [4.69, 9.17) is 28.3 Å². The number of amides is 1. The first-order chi connectivity index (χ1) is 11.4. The van der Waals surface area contributed by atoms with Crippen molar-refractivity contribution in [2.45, 2.75) is 25.3 Å². The molecule has 0 aromatic heterocycles. The number of aliphatic carboxylic acids is 1. The van der Waals surface area contributed by atoms with Crippen LogP contribution in [-0.4, -0.2) is 23.0 Å². The number of rotatable bonds is 7. The van der Waals surface area contributed by atoms with E-state index in [-0.39, 0.29) is 18.7 Å². The van der Waals surface area contributed by atoms with E-state index in [9.17, 15) is 9.59 Å². The molecule has 0 spiro atoms. The molecule has 0 radical (unpaired) electrons. The van der Waals surface area contributed by atoms with Gasteiger partial charge < -0.3 is 10.4 Å². The Hall–Kier alpha value is -2.04. The molecule has 4 nitrogen and oxygen atoms in total. The Morgan fingerprint density at radius 3 is 1.92 bits per heavy atom. The molecule has 2 aromatic rings. The first-order valence-electron chi connectivity index (χ1n) is 7.42. The van der Waals surface area contributed by atoms with Crippen LogP contribution in [0.4, 0.5) is 0 Å². The van der Waals surface area contributed by atoms with Crippen molar-refractivity contribution < 1.29 is 14.7 Å². The molecule has 0 fully saturated rings. The standard InChI is InChI=1S/C18H17Cl2NO3/c19-14-5-1-12(2-6-14)9-16(11-18(23)24)21-17(22)10-13-3-7-15(20)8-4-13/h1-8,16H,9-11H2,(H,21,22)(H,23,24)/t16-/m1/s1. The lowest BCUT2D eigenvalue weighted by Crippen LogP contribution is -2.38. The van der Waals surface area contributed by atoms with Gasteiger partial charge in [0.05, 0.1) is 12.8 Å². The third-order valence-corrected chi connectivity index (χ3v) is 3.96. The van der Waals surface area contributed by atoms with Gasteiger partial charge in [0.15, 0.2) is 0 Å².